The number of nitrogens with zero attached hydrogens (tertiary/aromatic N) is 2. The predicted molar refractivity (Wildman–Crippen MR) is 79.2 cm³/mol. The molecule has 1 aliphatic heterocycles. The van der Waals surface area contributed by atoms with Crippen molar-refractivity contribution in [2.45, 2.75) is 61.3 Å². The molecular weight excluding hydrogens is 224 g/mol. The van der Waals surface area contributed by atoms with Crippen molar-refractivity contribution in [3.8, 4) is 6.07 Å². The first-order chi connectivity index (χ1) is 8.65. The fourth-order valence-corrected chi connectivity index (χ4v) is 1.39. The van der Waals surface area contributed by atoms with Crippen LogP contribution in [0.25, 0.3) is 0 Å². The molecule has 1 rings (SSSR count). The number of carbonyl (C=O) groups excluding carboxylic acids is 1. The Kier molecular flexibility index (Phi) is 22.6. The Labute approximate surface area is 114 Å². The van der Waals surface area contributed by atoms with Crippen molar-refractivity contribution in [2.24, 2.45) is 11.8 Å². The first-order valence-corrected chi connectivity index (χ1v) is 7.22. The van der Waals surface area contributed by atoms with E-state index in [0.717, 1.165) is 25.4 Å². The van der Waals surface area contributed by atoms with Gasteiger partial charge in [0.15, 0.2) is 0 Å². The molecule has 1 saturated heterocycles. The average Bonchev–Trinajstić information content (AvgIpc) is 2.46. The molecule has 1 aliphatic rings. The van der Waals surface area contributed by atoms with Gasteiger partial charge in [-0.25, -0.2) is 0 Å². The second-order valence-corrected chi connectivity index (χ2v) is 3.86. The summed E-state index contributed by atoms with van der Waals surface area (Å²) in [5.41, 5.74) is 0. The van der Waals surface area contributed by atoms with Gasteiger partial charge in [-0.05, 0) is 18.3 Å². The molecule has 0 aromatic rings. The lowest BCUT2D eigenvalue weighted by Crippen LogP contribution is -2.37. The molecule has 3 nitrogen and oxygen atoms in total. The largest absolute Gasteiger partial charge is 0.345 e. The zero-order valence-corrected chi connectivity index (χ0v) is 13.4. The Morgan fingerprint density at radius 2 is 1.67 bits per heavy atom. The quantitative estimate of drug-likeness (QED) is 0.663. The number of hydrogen-bond donors (Lipinski definition) is 0. The van der Waals surface area contributed by atoms with E-state index in [1.165, 1.54) is 6.42 Å². The van der Waals surface area contributed by atoms with Gasteiger partial charge in [0.1, 0.15) is 0 Å². The van der Waals surface area contributed by atoms with Gasteiger partial charge in [-0.2, -0.15) is 5.26 Å². The number of hydrogen-bond acceptors (Lipinski definition) is 2. The molecule has 0 aliphatic carbocycles. The molecule has 0 N–H and O–H groups in total. The van der Waals surface area contributed by atoms with Gasteiger partial charge in [0.25, 0.3) is 0 Å². The van der Waals surface area contributed by atoms with Gasteiger partial charge in [0, 0.05) is 19.5 Å². The van der Waals surface area contributed by atoms with Crippen LogP contribution in [0.1, 0.15) is 61.3 Å². The monoisotopic (exact) mass is 256 g/mol. The minimum absolute atomic E-state index is 0.625. The third-order valence-corrected chi connectivity index (χ3v) is 2.67. The number of amides is 1. The van der Waals surface area contributed by atoms with Crippen LogP contribution in [-0.2, 0) is 4.79 Å². The fraction of sp³-hybridized carbons (Fsp3) is 0.867. The molecule has 0 spiro atoms. The molecule has 18 heavy (non-hydrogen) atoms. The lowest BCUT2D eigenvalue weighted by molar-refractivity contribution is -0.120. The Hall–Kier alpha value is -1.04. The van der Waals surface area contributed by atoms with Crippen LogP contribution in [0.5, 0.6) is 0 Å². The Morgan fingerprint density at radius 1 is 1.22 bits per heavy atom. The van der Waals surface area contributed by atoms with Crippen LogP contribution >= 0.6 is 0 Å². The summed E-state index contributed by atoms with van der Waals surface area (Å²) < 4.78 is 0. The zero-order valence-electron chi connectivity index (χ0n) is 13.4. The average molecular weight is 256 g/mol. The molecule has 3 heteroatoms. The van der Waals surface area contributed by atoms with Crippen LogP contribution in [0.2, 0.25) is 0 Å². The maximum atomic E-state index is 10.3. The number of piperidine rings is 1. The third-order valence-electron chi connectivity index (χ3n) is 2.67. The van der Waals surface area contributed by atoms with Crippen LogP contribution in [0.4, 0.5) is 0 Å². The highest BCUT2D eigenvalue weighted by atomic mass is 16.1. The Morgan fingerprint density at radius 3 is 1.94 bits per heavy atom. The van der Waals surface area contributed by atoms with Gasteiger partial charge >= 0.3 is 0 Å². The van der Waals surface area contributed by atoms with Crippen molar-refractivity contribution in [2.75, 3.05) is 13.1 Å². The predicted octanol–water partition coefficient (Wildman–Crippen LogP) is 4.09. The smallest absolute Gasteiger partial charge is 0.209 e. The highest BCUT2D eigenvalue weighted by Crippen LogP contribution is 2.20. The summed E-state index contributed by atoms with van der Waals surface area (Å²) in [7, 11) is 0. The normalized spacial score (nSPS) is 20.7. The summed E-state index contributed by atoms with van der Waals surface area (Å²) in [6, 6.07) is 1.93. The van der Waals surface area contributed by atoms with Crippen molar-refractivity contribution >= 4 is 6.41 Å². The van der Waals surface area contributed by atoms with Crippen molar-refractivity contribution in [1.82, 2.24) is 4.90 Å². The summed E-state index contributed by atoms with van der Waals surface area (Å²) in [6.07, 6.45) is 2.75. The molecule has 2 unspecified atom stereocenters. The lowest BCUT2D eigenvalue weighted by Gasteiger charge is -2.32. The Balaban J connectivity index is -0.000000238. The maximum absolute atomic E-state index is 10.3. The minimum atomic E-state index is 0.625. The van der Waals surface area contributed by atoms with Crippen molar-refractivity contribution in [3.63, 3.8) is 0 Å². The van der Waals surface area contributed by atoms with Crippen LogP contribution in [0.3, 0.4) is 0 Å². The fourth-order valence-electron chi connectivity index (χ4n) is 1.39. The first-order valence-electron chi connectivity index (χ1n) is 7.22. The molecule has 108 valence electrons. The molecule has 0 bridgehead atoms. The lowest BCUT2D eigenvalue weighted by atomic mass is 9.89. The number of nitriles is 1. The highest BCUT2D eigenvalue weighted by Gasteiger charge is 2.20. The van der Waals surface area contributed by atoms with Gasteiger partial charge in [-0.3, -0.25) is 4.79 Å². The molecule has 0 radical (unpaired) electrons. The summed E-state index contributed by atoms with van der Waals surface area (Å²) in [5, 5.41) is 7.62. The molecular formula is C15H32N2O. The topological polar surface area (TPSA) is 44.1 Å². The SMILES string of the molecule is CC.CC.CC1CCN(C=O)CC1C.CCC#N. The van der Waals surface area contributed by atoms with Crippen LogP contribution in [-0.4, -0.2) is 24.4 Å². The summed E-state index contributed by atoms with van der Waals surface area (Å²) in [6.45, 7) is 16.2. The van der Waals surface area contributed by atoms with Gasteiger partial charge in [-0.15, -0.1) is 0 Å². The second kappa shape index (κ2) is 18.3. The molecule has 1 heterocycles. The van der Waals surface area contributed by atoms with Crippen LogP contribution in [0, 0.1) is 23.2 Å². The van der Waals surface area contributed by atoms with E-state index in [9.17, 15) is 4.79 Å². The van der Waals surface area contributed by atoms with E-state index in [0.29, 0.717) is 12.3 Å². The molecule has 2 atom stereocenters. The van der Waals surface area contributed by atoms with Crippen LogP contribution < -0.4 is 0 Å². The Bertz CT molecular complexity index is 199. The van der Waals surface area contributed by atoms with E-state index >= 15 is 0 Å². The van der Waals surface area contributed by atoms with E-state index < -0.39 is 0 Å². The molecule has 0 saturated carbocycles. The summed E-state index contributed by atoms with van der Waals surface area (Å²) in [4.78, 5) is 12.2. The number of carbonyl (C=O) groups is 1. The van der Waals surface area contributed by atoms with Crippen LogP contribution in [0.15, 0.2) is 0 Å². The number of likely N-dealkylation sites (tertiary alicyclic amines) is 1. The summed E-state index contributed by atoms with van der Waals surface area (Å²) in [5.74, 6) is 1.47. The van der Waals surface area contributed by atoms with E-state index in [4.69, 9.17) is 5.26 Å². The van der Waals surface area contributed by atoms with Gasteiger partial charge in [0.05, 0.1) is 6.07 Å². The van der Waals surface area contributed by atoms with Gasteiger partial charge < -0.3 is 4.90 Å². The van der Waals surface area contributed by atoms with E-state index in [1.54, 1.807) is 0 Å². The summed E-state index contributed by atoms with van der Waals surface area (Å²) >= 11 is 0. The molecule has 1 fully saturated rings. The van der Waals surface area contributed by atoms with Crippen molar-refractivity contribution < 1.29 is 4.79 Å². The number of rotatable bonds is 1. The van der Waals surface area contributed by atoms with Crippen molar-refractivity contribution in [3.05, 3.63) is 0 Å². The molecule has 0 aromatic heterocycles. The minimum Gasteiger partial charge on any atom is -0.345 e. The maximum Gasteiger partial charge on any atom is 0.209 e. The van der Waals surface area contributed by atoms with Crippen molar-refractivity contribution in [1.29, 1.82) is 5.26 Å². The molecule has 0 aromatic carbocycles. The first kappa shape index (κ1) is 22.2. The van der Waals surface area contributed by atoms with E-state index in [1.807, 2.05) is 45.6 Å². The van der Waals surface area contributed by atoms with Gasteiger partial charge in [-0.1, -0.05) is 48.5 Å². The zero-order chi connectivity index (χ0) is 15.0. The third kappa shape index (κ3) is 13.0. The van der Waals surface area contributed by atoms with E-state index in [-0.39, 0.29) is 0 Å². The van der Waals surface area contributed by atoms with E-state index in [2.05, 4.69) is 13.8 Å². The second-order valence-electron chi connectivity index (χ2n) is 3.86. The van der Waals surface area contributed by atoms with Gasteiger partial charge in [0.2, 0.25) is 6.41 Å². The standard InChI is InChI=1S/C8H15NO.C3H5N.2C2H6/c1-7-3-4-9(6-10)5-8(7)2;1-2-3-4;2*1-2/h6-8H,3-5H2,1-2H3;2H2,1H3;2*1-2H3. The molecule has 1 amide bonds. The highest BCUT2D eigenvalue weighted by molar-refractivity contribution is 5.47.